The number of rotatable bonds is 6. The highest BCUT2D eigenvalue weighted by Gasteiger charge is 2.60. The Bertz CT molecular complexity index is 1040. The Morgan fingerprint density at radius 2 is 1.48 bits per heavy atom. The number of carbonyl (C=O) groups excluding carboxylic acids is 3. The number of aliphatic imine (C=N–C) groups is 1. The van der Waals surface area contributed by atoms with Gasteiger partial charge in [0.15, 0.2) is 5.84 Å². The predicted molar refractivity (Wildman–Crippen MR) is 117 cm³/mol. The topological polar surface area (TPSA) is 107 Å². The SMILES string of the molecule is CCOC(=O)N1C(c2ccc(OC)cc2)=N[C@](C(=O)OC)(c2ccccc2)N1C(=O)OCC. The van der Waals surface area contributed by atoms with E-state index in [-0.39, 0.29) is 19.0 Å². The number of hydrogen-bond acceptors (Lipinski definition) is 8. The van der Waals surface area contributed by atoms with Crippen LogP contribution in [0.4, 0.5) is 9.59 Å². The number of carbonyl (C=O) groups is 3. The van der Waals surface area contributed by atoms with Crippen LogP contribution in [0, 0.1) is 0 Å². The number of amides is 2. The summed E-state index contributed by atoms with van der Waals surface area (Å²) in [6, 6.07) is 14.9. The van der Waals surface area contributed by atoms with Gasteiger partial charge in [0.25, 0.3) is 5.66 Å². The van der Waals surface area contributed by atoms with Gasteiger partial charge in [-0.15, -0.1) is 0 Å². The number of esters is 1. The first kappa shape index (κ1) is 23.6. The maximum absolute atomic E-state index is 13.3. The standard InChI is InChI=1S/C23H25N3O7/c1-5-32-21(28)25-19(16-12-14-18(30-3)15-13-16)24-23(20(27)31-4,17-10-8-7-9-11-17)26(25)22(29)33-6-2/h7-15H,5-6H2,1-4H3/t23-/m1/s1. The number of hydrogen-bond donors (Lipinski definition) is 0. The number of hydrazine groups is 1. The summed E-state index contributed by atoms with van der Waals surface area (Å²) in [5.74, 6) is -0.317. The maximum Gasteiger partial charge on any atom is 0.435 e. The molecule has 2 amide bonds. The lowest BCUT2D eigenvalue weighted by Crippen LogP contribution is -2.59. The minimum Gasteiger partial charge on any atom is -0.497 e. The number of amidine groups is 1. The summed E-state index contributed by atoms with van der Waals surface area (Å²) in [7, 11) is 2.69. The first-order valence-corrected chi connectivity index (χ1v) is 10.3. The summed E-state index contributed by atoms with van der Waals surface area (Å²) < 4.78 is 20.7. The average molecular weight is 455 g/mol. The molecule has 0 saturated carbocycles. The highest BCUT2D eigenvalue weighted by Crippen LogP contribution is 2.40. The molecule has 1 heterocycles. The Hall–Kier alpha value is -4.08. The zero-order valence-corrected chi connectivity index (χ0v) is 18.8. The molecule has 10 nitrogen and oxygen atoms in total. The Morgan fingerprint density at radius 1 is 0.879 bits per heavy atom. The van der Waals surface area contributed by atoms with Crippen molar-refractivity contribution in [2.75, 3.05) is 27.4 Å². The highest BCUT2D eigenvalue weighted by atomic mass is 16.6. The van der Waals surface area contributed by atoms with E-state index in [9.17, 15) is 14.4 Å². The lowest BCUT2D eigenvalue weighted by atomic mass is 9.99. The third-order valence-corrected chi connectivity index (χ3v) is 4.85. The van der Waals surface area contributed by atoms with E-state index in [1.54, 1.807) is 68.4 Å². The Balaban J connectivity index is 2.33. The van der Waals surface area contributed by atoms with Crippen molar-refractivity contribution < 1.29 is 33.3 Å². The average Bonchev–Trinajstić information content (AvgIpc) is 3.22. The minimum absolute atomic E-state index is 0.00147. The van der Waals surface area contributed by atoms with E-state index in [2.05, 4.69) is 4.99 Å². The summed E-state index contributed by atoms with van der Waals surface area (Å²) in [5.41, 5.74) is -1.34. The van der Waals surface area contributed by atoms with Crippen LogP contribution in [0.2, 0.25) is 0 Å². The summed E-state index contributed by atoms with van der Waals surface area (Å²) in [6.07, 6.45) is -1.89. The first-order valence-electron chi connectivity index (χ1n) is 10.3. The normalized spacial score (nSPS) is 17.3. The van der Waals surface area contributed by atoms with Gasteiger partial charge in [-0.05, 0) is 38.1 Å². The summed E-state index contributed by atoms with van der Waals surface area (Å²) in [4.78, 5) is 44.2. The number of nitrogens with zero attached hydrogens (tertiary/aromatic N) is 3. The summed E-state index contributed by atoms with van der Waals surface area (Å²) in [5, 5.41) is 1.72. The molecule has 0 unspecified atom stereocenters. The Kier molecular flexibility index (Phi) is 7.17. The van der Waals surface area contributed by atoms with Crippen molar-refractivity contribution in [1.29, 1.82) is 0 Å². The van der Waals surface area contributed by atoms with Crippen molar-refractivity contribution in [3.8, 4) is 5.75 Å². The molecular formula is C23H25N3O7. The van der Waals surface area contributed by atoms with Gasteiger partial charge in [0.1, 0.15) is 5.75 Å². The molecule has 2 aromatic carbocycles. The highest BCUT2D eigenvalue weighted by molar-refractivity contribution is 6.11. The van der Waals surface area contributed by atoms with Crippen molar-refractivity contribution in [2.24, 2.45) is 4.99 Å². The molecule has 10 heteroatoms. The van der Waals surface area contributed by atoms with Gasteiger partial charge in [0, 0.05) is 11.1 Å². The van der Waals surface area contributed by atoms with Crippen molar-refractivity contribution in [2.45, 2.75) is 19.5 Å². The van der Waals surface area contributed by atoms with Crippen LogP contribution >= 0.6 is 0 Å². The van der Waals surface area contributed by atoms with E-state index in [0.29, 0.717) is 16.9 Å². The van der Waals surface area contributed by atoms with Crippen LogP contribution in [0.25, 0.3) is 0 Å². The zero-order chi connectivity index (χ0) is 24.0. The van der Waals surface area contributed by atoms with Crippen LogP contribution in [-0.2, 0) is 24.7 Å². The molecule has 2 aromatic rings. The molecule has 0 spiro atoms. The van der Waals surface area contributed by atoms with Crippen LogP contribution in [0.1, 0.15) is 25.0 Å². The maximum atomic E-state index is 13.3. The number of benzene rings is 2. The second kappa shape index (κ2) is 10.0. The van der Waals surface area contributed by atoms with Gasteiger partial charge in [-0.3, -0.25) is 0 Å². The van der Waals surface area contributed by atoms with Crippen LogP contribution < -0.4 is 4.74 Å². The molecule has 0 fully saturated rings. The molecule has 0 radical (unpaired) electrons. The number of ether oxygens (including phenoxy) is 4. The molecule has 0 bridgehead atoms. The number of methoxy groups -OCH3 is 2. The molecule has 174 valence electrons. The fourth-order valence-electron chi connectivity index (χ4n) is 3.42. The fraction of sp³-hybridized carbons (Fsp3) is 0.304. The fourth-order valence-corrected chi connectivity index (χ4v) is 3.42. The smallest absolute Gasteiger partial charge is 0.435 e. The predicted octanol–water partition coefficient (Wildman–Crippen LogP) is 3.31. The van der Waals surface area contributed by atoms with E-state index >= 15 is 0 Å². The third-order valence-electron chi connectivity index (χ3n) is 4.85. The molecule has 3 rings (SSSR count). The van der Waals surface area contributed by atoms with E-state index in [0.717, 1.165) is 10.0 Å². The Labute approximate surface area is 191 Å². The van der Waals surface area contributed by atoms with Crippen molar-refractivity contribution >= 4 is 24.0 Å². The summed E-state index contributed by atoms with van der Waals surface area (Å²) >= 11 is 0. The second-order valence-electron chi connectivity index (χ2n) is 6.72. The summed E-state index contributed by atoms with van der Waals surface area (Å²) in [6.45, 7) is 3.25. The van der Waals surface area contributed by atoms with Gasteiger partial charge in [-0.2, -0.15) is 10.0 Å². The van der Waals surface area contributed by atoms with E-state index < -0.39 is 23.8 Å². The lowest BCUT2D eigenvalue weighted by molar-refractivity contribution is -0.159. The largest absolute Gasteiger partial charge is 0.497 e. The van der Waals surface area contributed by atoms with Crippen LogP contribution in [-0.4, -0.2) is 61.4 Å². The molecule has 0 aliphatic carbocycles. The molecule has 33 heavy (non-hydrogen) atoms. The first-order chi connectivity index (χ1) is 15.9. The molecule has 1 aliphatic heterocycles. The molecule has 0 N–H and O–H groups in total. The second-order valence-corrected chi connectivity index (χ2v) is 6.72. The van der Waals surface area contributed by atoms with Gasteiger partial charge < -0.3 is 18.9 Å². The van der Waals surface area contributed by atoms with Gasteiger partial charge in [-0.25, -0.2) is 19.4 Å². The Morgan fingerprint density at radius 3 is 2.03 bits per heavy atom. The minimum atomic E-state index is -2.07. The monoisotopic (exact) mass is 455 g/mol. The van der Waals surface area contributed by atoms with Gasteiger partial charge in [0.2, 0.25) is 0 Å². The molecule has 1 aliphatic rings. The molecule has 1 atom stereocenters. The van der Waals surface area contributed by atoms with Crippen LogP contribution in [0.5, 0.6) is 5.75 Å². The van der Waals surface area contributed by atoms with Crippen molar-refractivity contribution in [3.63, 3.8) is 0 Å². The third kappa shape index (κ3) is 4.19. The van der Waals surface area contributed by atoms with Gasteiger partial charge in [0.05, 0.1) is 27.4 Å². The quantitative estimate of drug-likeness (QED) is 0.486. The molecule has 0 saturated heterocycles. The molecular weight excluding hydrogens is 430 g/mol. The van der Waals surface area contributed by atoms with Gasteiger partial charge in [-0.1, -0.05) is 30.3 Å². The molecule has 0 aromatic heterocycles. The van der Waals surface area contributed by atoms with Crippen LogP contribution in [0.3, 0.4) is 0 Å². The van der Waals surface area contributed by atoms with E-state index in [1.807, 2.05) is 0 Å². The van der Waals surface area contributed by atoms with Crippen molar-refractivity contribution in [3.05, 3.63) is 65.7 Å². The zero-order valence-electron chi connectivity index (χ0n) is 18.8. The van der Waals surface area contributed by atoms with Crippen LogP contribution in [0.15, 0.2) is 59.6 Å². The van der Waals surface area contributed by atoms with Gasteiger partial charge >= 0.3 is 18.2 Å². The van der Waals surface area contributed by atoms with E-state index in [1.165, 1.54) is 14.2 Å². The van der Waals surface area contributed by atoms with E-state index in [4.69, 9.17) is 18.9 Å². The lowest BCUT2D eigenvalue weighted by Gasteiger charge is -2.36. The van der Waals surface area contributed by atoms with Crippen molar-refractivity contribution in [1.82, 2.24) is 10.0 Å².